The first-order valence-corrected chi connectivity index (χ1v) is 7.89. The highest BCUT2D eigenvalue weighted by atomic mass is 32.1. The normalized spacial score (nSPS) is 13.1. The molecule has 0 saturated carbocycles. The molecule has 0 spiro atoms. The zero-order valence-corrected chi connectivity index (χ0v) is 11.9. The molecule has 2 aromatic rings. The van der Waals surface area contributed by atoms with Crippen LogP contribution in [0.3, 0.4) is 0 Å². The van der Waals surface area contributed by atoms with Gasteiger partial charge in [0.1, 0.15) is 0 Å². The zero-order valence-electron chi connectivity index (χ0n) is 10.2. The Bertz CT molecular complexity index is 472. The van der Waals surface area contributed by atoms with E-state index in [1.165, 1.54) is 11.3 Å². The van der Waals surface area contributed by atoms with Crippen LogP contribution in [0.15, 0.2) is 10.8 Å². The third-order valence-electron chi connectivity index (χ3n) is 3.02. The second kappa shape index (κ2) is 5.74. The number of ketones is 1. The molecule has 1 atom stereocenters. The molecule has 0 bridgehead atoms. The van der Waals surface area contributed by atoms with Gasteiger partial charge in [0.2, 0.25) is 0 Å². The Kier molecular flexibility index (Phi) is 4.29. The van der Waals surface area contributed by atoms with Gasteiger partial charge >= 0.3 is 0 Å². The maximum absolute atomic E-state index is 12.3. The number of thiazole rings is 1. The second-order valence-corrected chi connectivity index (χ2v) is 6.03. The van der Waals surface area contributed by atoms with Crippen LogP contribution in [0.5, 0.6) is 0 Å². The van der Waals surface area contributed by atoms with E-state index in [1.54, 1.807) is 11.3 Å². The van der Waals surface area contributed by atoms with Crippen molar-refractivity contribution in [1.29, 1.82) is 0 Å². The first-order valence-electron chi connectivity index (χ1n) is 6.13. The van der Waals surface area contributed by atoms with Crippen LogP contribution in [-0.4, -0.2) is 10.8 Å². The minimum atomic E-state index is 0.161. The monoisotopic (exact) mass is 267 g/mol. The molecule has 1 unspecified atom stereocenters. The molecule has 0 amide bonds. The SMILES string of the molecule is CCCCC(CC)C(=O)c1nc2cscc2s1. The fraction of sp³-hybridized carbons (Fsp3) is 0.538. The first-order chi connectivity index (χ1) is 8.26. The van der Waals surface area contributed by atoms with E-state index in [2.05, 4.69) is 24.2 Å². The minimum Gasteiger partial charge on any atom is -0.291 e. The van der Waals surface area contributed by atoms with Gasteiger partial charge in [0.15, 0.2) is 10.8 Å². The molecule has 0 N–H and O–H groups in total. The lowest BCUT2D eigenvalue weighted by Crippen LogP contribution is -2.13. The summed E-state index contributed by atoms with van der Waals surface area (Å²) in [5, 5.41) is 4.78. The summed E-state index contributed by atoms with van der Waals surface area (Å²) in [6, 6.07) is 0. The molecule has 0 radical (unpaired) electrons. The van der Waals surface area contributed by atoms with Gasteiger partial charge in [-0.2, -0.15) is 0 Å². The number of unbranched alkanes of at least 4 members (excludes halogenated alkanes) is 1. The number of nitrogens with zero attached hydrogens (tertiary/aromatic N) is 1. The van der Waals surface area contributed by atoms with E-state index in [4.69, 9.17) is 0 Å². The molecule has 0 aromatic carbocycles. The Morgan fingerprint density at radius 3 is 2.88 bits per heavy atom. The molecule has 2 aromatic heterocycles. The average Bonchev–Trinajstić information content (AvgIpc) is 2.89. The molecule has 4 heteroatoms. The third kappa shape index (κ3) is 2.75. The van der Waals surface area contributed by atoms with Gasteiger partial charge in [-0.3, -0.25) is 4.79 Å². The van der Waals surface area contributed by atoms with E-state index < -0.39 is 0 Å². The summed E-state index contributed by atoms with van der Waals surface area (Å²) in [5.41, 5.74) is 0.980. The molecular formula is C13H17NOS2. The van der Waals surface area contributed by atoms with Gasteiger partial charge in [-0.15, -0.1) is 22.7 Å². The lowest BCUT2D eigenvalue weighted by Gasteiger charge is -2.10. The molecule has 0 aliphatic rings. The molecule has 2 heterocycles. The highest BCUT2D eigenvalue weighted by molar-refractivity contribution is 7.23. The number of rotatable bonds is 6. The van der Waals surface area contributed by atoms with Crippen LogP contribution in [0.2, 0.25) is 0 Å². The lowest BCUT2D eigenvalue weighted by atomic mass is 9.95. The van der Waals surface area contributed by atoms with Crippen LogP contribution < -0.4 is 0 Å². The predicted molar refractivity (Wildman–Crippen MR) is 75.1 cm³/mol. The summed E-state index contributed by atoms with van der Waals surface area (Å²) in [6.07, 6.45) is 4.20. The number of fused-ring (bicyclic) bond motifs is 1. The van der Waals surface area contributed by atoms with Gasteiger partial charge in [0, 0.05) is 16.7 Å². The summed E-state index contributed by atoms with van der Waals surface area (Å²) in [4.78, 5) is 16.7. The predicted octanol–water partition coefficient (Wildman–Crippen LogP) is 4.76. The number of hydrogen-bond acceptors (Lipinski definition) is 4. The number of carbonyl (C=O) groups excluding carboxylic acids is 1. The fourth-order valence-electron chi connectivity index (χ4n) is 1.92. The number of thiophene rings is 1. The largest absolute Gasteiger partial charge is 0.291 e. The number of Topliss-reactive ketones (excluding diaryl/α,β-unsaturated/α-hetero) is 1. The summed E-state index contributed by atoms with van der Waals surface area (Å²) < 4.78 is 1.14. The zero-order chi connectivity index (χ0) is 12.3. The average molecular weight is 267 g/mol. The van der Waals surface area contributed by atoms with E-state index in [0.717, 1.165) is 35.9 Å². The maximum atomic E-state index is 12.3. The van der Waals surface area contributed by atoms with Crippen molar-refractivity contribution in [2.45, 2.75) is 39.5 Å². The number of carbonyl (C=O) groups is 1. The minimum absolute atomic E-state index is 0.161. The molecular weight excluding hydrogens is 250 g/mol. The number of hydrogen-bond donors (Lipinski definition) is 0. The summed E-state index contributed by atoms with van der Waals surface area (Å²) in [5.74, 6) is 0.404. The van der Waals surface area contributed by atoms with Gasteiger partial charge < -0.3 is 0 Å². The molecule has 0 aliphatic heterocycles. The van der Waals surface area contributed by atoms with E-state index in [9.17, 15) is 4.79 Å². The summed E-state index contributed by atoms with van der Waals surface area (Å²) >= 11 is 3.18. The number of aromatic nitrogens is 1. The Hall–Kier alpha value is -0.740. The Balaban J connectivity index is 2.14. The van der Waals surface area contributed by atoms with Crippen LogP contribution in [0, 0.1) is 5.92 Å². The van der Waals surface area contributed by atoms with Crippen molar-refractivity contribution < 1.29 is 4.79 Å². The Morgan fingerprint density at radius 2 is 2.24 bits per heavy atom. The molecule has 0 aliphatic carbocycles. The van der Waals surface area contributed by atoms with Gasteiger partial charge in [-0.05, 0) is 12.8 Å². The fourth-order valence-corrected chi connectivity index (χ4v) is 3.81. The van der Waals surface area contributed by atoms with E-state index in [1.807, 2.05) is 5.38 Å². The lowest BCUT2D eigenvalue weighted by molar-refractivity contribution is 0.0908. The van der Waals surface area contributed by atoms with E-state index in [0.29, 0.717) is 5.01 Å². The molecule has 92 valence electrons. The second-order valence-electron chi connectivity index (χ2n) is 4.25. The third-order valence-corrected chi connectivity index (χ3v) is 4.93. The van der Waals surface area contributed by atoms with E-state index in [-0.39, 0.29) is 11.7 Å². The standard InChI is InChI=1S/C13H17NOS2/c1-3-5-6-9(4-2)12(15)13-14-10-7-16-8-11(10)17-13/h7-9H,3-6H2,1-2H3. The van der Waals surface area contributed by atoms with Crippen molar-refractivity contribution in [3.8, 4) is 0 Å². The topological polar surface area (TPSA) is 30.0 Å². The van der Waals surface area contributed by atoms with Crippen molar-refractivity contribution in [2.24, 2.45) is 5.92 Å². The van der Waals surface area contributed by atoms with Crippen molar-refractivity contribution in [3.63, 3.8) is 0 Å². The van der Waals surface area contributed by atoms with Crippen LogP contribution in [0.1, 0.15) is 49.3 Å². The first kappa shape index (κ1) is 12.7. The van der Waals surface area contributed by atoms with Gasteiger partial charge in [0.05, 0.1) is 10.2 Å². The van der Waals surface area contributed by atoms with Crippen molar-refractivity contribution in [1.82, 2.24) is 4.98 Å². The van der Waals surface area contributed by atoms with Gasteiger partial charge in [-0.1, -0.05) is 26.7 Å². The van der Waals surface area contributed by atoms with Crippen LogP contribution in [0.4, 0.5) is 0 Å². The summed E-state index contributed by atoms with van der Waals surface area (Å²) in [6.45, 7) is 4.25. The molecule has 17 heavy (non-hydrogen) atoms. The van der Waals surface area contributed by atoms with Crippen molar-refractivity contribution >= 4 is 38.7 Å². The molecule has 0 fully saturated rings. The Labute approximate surface area is 110 Å². The quantitative estimate of drug-likeness (QED) is 0.706. The molecule has 2 rings (SSSR count). The smallest absolute Gasteiger partial charge is 0.194 e. The van der Waals surface area contributed by atoms with Crippen molar-refractivity contribution in [2.75, 3.05) is 0 Å². The van der Waals surface area contributed by atoms with Crippen molar-refractivity contribution in [3.05, 3.63) is 15.8 Å². The van der Waals surface area contributed by atoms with Gasteiger partial charge in [0.25, 0.3) is 0 Å². The van der Waals surface area contributed by atoms with E-state index >= 15 is 0 Å². The van der Waals surface area contributed by atoms with Crippen LogP contribution >= 0.6 is 22.7 Å². The Morgan fingerprint density at radius 1 is 1.41 bits per heavy atom. The van der Waals surface area contributed by atoms with Crippen LogP contribution in [0.25, 0.3) is 10.2 Å². The molecule has 2 nitrogen and oxygen atoms in total. The van der Waals surface area contributed by atoms with Crippen LogP contribution in [-0.2, 0) is 0 Å². The van der Waals surface area contributed by atoms with Gasteiger partial charge in [-0.25, -0.2) is 4.98 Å². The highest BCUT2D eigenvalue weighted by Crippen LogP contribution is 2.28. The highest BCUT2D eigenvalue weighted by Gasteiger charge is 2.21. The maximum Gasteiger partial charge on any atom is 0.194 e. The molecule has 0 saturated heterocycles. The summed E-state index contributed by atoms with van der Waals surface area (Å²) in [7, 11) is 0.